The summed E-state index contributed by atoms with van der Waals surface area (Å²) in [5.41, 5.74) is 1.18. The van der Waals surface area contributed by atoms with Crippen LogP contribution in [-0.2, 0) is 9.53 Å². The van der Waals surface area contributed by atoms with Gasteiger partial charge in [0.1, 0.15) is 5.75 Å². The summed E-state index contributed by atoms with van der Waals surface area (Å²) in [6.07, 6.45) is 0. The lowest BCUT2D eigenvalue weighted by Crippen LogP contribution is -2.49. The van der Waals surface area contributed by atoms with Crippen LogP contribution in [0.4, 0.5) is 5.69 Å². The molecule has 0 aliphatic carbocycles. The van der Waals surface area contributed by atoms with Gasteiger partial charge in [0.25, 0.3) is 0 Å². The van der Waals surface area contributed by atoms with Crippen molar-refractivity contribution in [1.29, 1.82) is 0 Å². The number of carbonyl (C=O) groups excluding carboxylic acids is 1. The first-order valence-electron chi connectivity index (χ1n) is 6.47. The Morgan fingerprint density at radius 1 is 1.42 bits per heavy atom. The number of esters is 1. The van der Waals surface area contributed by atoms with Crippen LogP contribution < -0.4 is 15.0 Å². The standard InChI is InChI=1S/C14H20N2O3/c1-11-9-15-7-8-16(11)12-3-5-13(6-4-12)19-10-14(17)18-2/h3-6,11,15H,7-10H2,1-2H3. The van der Waals surface area contributed by atoms with E-state index >= 15 is 0 Å². The Kier molecular flexibility index (Phi) is 4.63. The molecule has 5 nitrogen and oxygen atoms in total. The number of carbonyl (C=O) groups is 1. The lowest BCUT2D eigenvalue weighted by molar-refractivity contribution is -0.142. The molecule has 1 atom stereocenters. The number of rotatable bonds is 4. The van der Waals surface area contributed by atoms with Crippen molar-refractivity contribution in [3.05, 3.63) is 24.3 Å². The van der Waals surface area contributed by atoms with E-state index in [0.29, 0.717) is 11.8 Å². The molecule has 1 aliphatic rings. The van der Waals surface area contributed by atoms with Crippen LogP contribution in [0.2, 0.25) is 0 Å². The topological polar surface area (TPSA) is 50.8 Å². The molecule has 2 rings (SSSR count). The van der Waals surface area contributed by atoms with Gasteiger partial charge in [0.05, 0.1) is 7.11 Å². The van der Waals surface area contributed by atoms with E-state index in [4.69, 9.17) is 4.74 Å². The zero-order chi connectivity index (χ0) is 13.7. The predicted octanol–water partition coefficient (Wildman–Crippen LogP) is 1.04. The van der Waals surface area contributed by atoms with Crippen LogP contribution in [0.3, 0.4) is 0 Å². The first kappa shape index (κ1) is 13.7. The molecule has 0 saturated carbocycles. The van der Waals surface area contributed by atoms with Crippen molar-refractivity contribution < 1.29 is 14.3 Å². The number of methoxy groups -OCH3 is 1. The monoisotopic (exact) mass is 264 g/mol. The zero-order valence-corrected chi connectivity index (χ0v) is 11.4. The van der Waals surface area contributed by atoms with Crippen molar-refractivity contribution in [3.8, 4) is 5.75 Å². The first-order chi connectivity index (χ1) is 9.20. The maximum absolute atomic E-state index is 11.0. The molecule has 5 heteroatoms. The highest BCUT2D eigenvalue weighted by Crippen LogP contribution is 2.22. The van der Waals surface area contributed by atoms with Gasteiger partial charge in [-0.2, -0.15) is 0 Å². The Morgan fingerprint density at radius 3 is 2.79 bits per heavy atom. The van der Waals surface area contributed by atoms with Gasteiger partial charge in [-0.15, -0.1) is 0 Å². The lowest BCUT2D eigenvalue weighted by atomic mass is 10.2. The molecule has 1 heterocycles. The van der Waals surface area contributed by atoms with Crippen LogP contribution >= 0.6 is 0 Å². The summed E-state index contributed by atoms with van der Waals surface area (Å²) < 4.78 is 9.85. The molecule has 0 bridgehead atoms. The largest absolute Gasteiger partial charge is 0.482 e. The van der Waals surface area contributed by atoms with Crippen molar-refractivity contribution in [2.45, 2.75) is 13.0 Å². The molecule has 104 valence electrons. The van der Waals surface area contributed by atoms with Crippen LogP contribution in [0.25, 0.3) is 0 Å². The maximum atomic E-state index is 11.0. The van der Waals surface area contributed by atoms with Crippen LogP contribution in [0.1, 0.15) is 6.92 Å². The molecular formula is C14H20N2O3. The third-order valence-corrected chi connectivity index (χ3v) is 3.25. The average Bonchev–Trinajstić information content (AvgIpc) is 2.46. The van der Waals surface area contributed by atoms with Gasteiger partial charge in [0, 0.05) is 31.4 Å². The number of benzene rings is 1. The molecule has 1 N–H and O–H groups in total. The van der Waals surface area contributed by atoms with Crippen molar-refractivity contribution in [2.24, 2.45) is 0 Å². The van der Waals surface area contributed by atoms with Crippen molar-refractivity contribution in [1.82, 2.24) is 5.32 Å². The van der Waals surface area contributed by atoms with E-state index in [1.807, 2.05) is 24.3 Å². The highest BCUT2D eigenvalue weighted by Gasteiger charge is 2.17. The lowest BCUT2D eigenvalue weighted by Gasteiger charge is -2.35. The number of hydrogen-bond donors (Lipinski definition) is 1. The SMILES string of the molecule is COC(=O)COc1ccc(N2CCNCC2C)cc1. The summed E-state index contributed by atoms with van der Waals surface area (Å²) in [4.78, 5) is 13.3. The molecule has 1 unspecified atom stereocenters. The maximum Gasteiger partial charge on any atom is 0.343 e. The Labute approximate surface area is 113 Å². The Morgan fingerprint density at radius 2 is 2.16 bits per heavy atom. The van der Waals surface area contributed by atoms with Crippen LogP contribution in [0, 0.1) is 0 Å². The molecule has 1 aromatic carbocycles. The van der Waals surface area contributed by atoms with Crippen molar-refractivity contribution >= 4 is 11.7 Å². The molecule has 0 aromatic heterocycles. The fraction of sp³-hybridized carbons (Fsp3) is 0.500. The number of piperazine rings is 1. The minimum Gasteiger partial charge on any atom is -0.482 e. The Bertz CT molecular complexity index is 419. The molecule has 0 radical (unpaired) electrons. The first-order valence-corrected chi connectivity index (χ1v) is 6.47. The minimum atomic E-state index is -0.375. The van der Waals surface area contributed by atoms with Crippen LogP contribution in [-0.4, -0.2) is 45.4 Å². The summed E-state index contributed by atoms with van der Waals surface area (Å²) in [6.45, 7) is 5.16. The third kappa shape index (κ3) is 3.61. The van der Waals surface area contributed by atoms with Gasteiger partial charge in [-0.25, -0.2) is 4.79 Å². The molecular weight excluding hydrogens is 244 g/mol. The van der Waals surface area contributed by atoms with Gasteiger partial charge in [0.15, 0.2) is 6.61 Å². The van der Waals surface area contributed by atoms with E-state index in [9.17, 15) is 4.79 Å². The Hall–Kier alpha value is -1.75. The van der Waals surface area contributed by atoms with Gasteiger partial charge in [-0.1, -0.05) is 0 Å². The molecule has 1 aromatic rings. The van der Waals surface area contributed by atoms with E-state index in [2.05, 4.69) is 21.9 Å². The smallest absolute Gasteiger partial charge is 0.343 e. The summed E-state index contributed by atoms with van der Waals surface area (Å²) in [6, 6.07) is 8.29. The van der Waals surface area contributed by atoms with Crippen molar-refractivity contribution in [2.75, 3.05) is 38.3 Å². The normalized spacial score (nSPS) is 19.1. The average molecular weight is 264 g/mol. The summed E-state index contributed by atoms with van der Waals surface area (Å²) in [5, 5.41) is 3.37. The van der Waals surface area contributed by atoms with Crippen molar-refractivity contribution in [3.63, 3.8) is 0 Å². The van der Waals surface area contributed by atoms with E-state index < -0.39 is 0 Å². The summed E-state index contributed by atoms with van der Waals surface area (Å²) >= 11 is 0. The van der Waals surface area contributed by atoms with E-state index in [-0.39, 0.29) is 12.6 Å². The molecule has 0 amide bonds. The van der Waals surface area contributed by atoms with Gasteiger partial charge >= 0.3 is 5.97 Å². The van der Waals surface area contributed by atoms with Crippen LogP contribution in [0.15, 0.2) is 24.3 Å². The second kappa shape index (κ2) is 6.43. The molecule has 1 saturated heterocycles. The van der Waals surface area contributed by atoms with E-state index in [0.717, 1.165) is 19.6 Å². The summed E-state index contributed by atoms with van der Waals surface area (Å²) in [5.74, 6) is 0.303. The summed E-state index contributed by atoms with van der Waals surface area (Å²) in [7, 11) is 1.35. The number of nitrogens with one attached hydrogen (secondary N) is 1. The number of nitrogens with zero attached hydrogens (tertiary/aromatic N) is 1. The molecule has 1 aliphatic heterocycles. The van der Waals surface area contributed by atoms with Crippen LogP contribution in [0.5, 0.6) is 5.75 Å². The molecule has 19 heavy (non-hydrogen) atoms. The number of ether oxygens (including phenoxy) is 2. The highest BCUT2D eigenvalue weighted by molar-refractivity contribution is 5.70. The van der Waals surface area contributed by atoms with E-state index in [1.165, 1.54) is 12.8 Å². The molecule has 1 fully saturated rings. The zero-order valence-electron chi connectivity index (χ0n) is 11.4. The number of anilines is 1. The number of hydrogen-bond acceptors (Lipinski definition) is 5. The second-order valence-electron chi connectivity index (χ2n) is 4.61. The Balaban J connectivity index is 1.95. The van der Waals surface area contributed by atoms with Gasteiger partial charge < -0.3 is 19.7 Å². The fourth-order valence-corrected chi connectivity index (χ4v) is 2.16. The highest BCUT2D eigenvalue weighted by atomic mass is 16.6. The van der Waals surface area contributed by atoms with Gasteiger partial charge in [0.2, 0.25) is 0 Å². The van der Waals surface area contributed by atoms with E-state index in [1.54, 1.807) is 0 Å². The van der Waals surface area contributed by atoms with Gasteiger partial charge in [-0.05, 0) is 31.2 Å². The minimum absolute atomic E-state index is 0.0557. The van der Waals surface area contributed by atoms with Gasteiger partial charge in [-0.3, -0.25) is 0 Å². The quantitative estimate of drug-likeness (QED) is 0.823. The second-order valence-corrected chi connectivity index (χ2v) is 4.61. The fourth-order valence-electron chi connectivity index (χ4n) is 2.16. The third-order valence-electron chi connectivity index (χ3n) is 3.25. The predicted molar refractivity (Wildman–Crippen MR) is 73.6 cm³/mol. The molecule has 0 spiro atoms.